The molecule has 2 aromatic rings. The second-order valence-electron chi connectivity index (χ2n) is 5.04. The van der Waals surface area contributed by atoms with Gasteiger partial charge in [0, 0.05) is 12.6 Å². The predicted molar refractivity (Wildman–Crippen MR) is 83.0 cm³/mol. The number of anilines is 2. The number of hydrogen-bond donors (Lipinski definition) is 3. The molecule has 0 saturated heterocycles. The molecule has 0 bridgehead atoms. The van der Waals surface area contributed by atoms with Gasteiger partial charge in [-0.3, -0.25) is 5.32 Å². The molecule has 6 nitrogen and oxygen atoms in total. The van der Waals surface area contributed by atoms with Crippen molar-refractivity contribution < 1.29 is 9.18 Å². The van der Waals surface area contributed by atoms with Gasteiger partial charge in [0.05, 0.1) is 0 Å². The van der Waals surface area contributed by atoms with Crippen LogP contribution in [0.4, 0.5) is 20.8 Å². The first-order valence-corrected chi connectivity index (χ1v) is 6.92. The summed E-state index contributed by atoms with van der Waals surface area (Å²) in [6, 6.07) is 9.29. The zero-order valence-corrected chi connectivity index (χ0v) is 12.4. The number of benzene rings is 1. The molecule has 116 valence electrons. The molecule has 1 heterocycles. The Hall–Kier alpha value is -2.70. The maximum atomic E-state index is 12.8. The van der Waals surface area contributed by atoms with Crippen LogP contribution in [0.3, 0.4) is 0 Å². The van der Waals surface area contributed by atoms with E-state index in [-0.39, 0.29) is 17.9 Å². The lowest BCUT2D eigenvalue weighted by Gasteiger charge is -2.09. The van der Waals surface area contributed by atoms with Gasteiger partial charge in [-0.2, -0.15) is 0 Å². The van der Waals surface area contributed by atoms with Gasteiger partial charge in [0.25, 0.3) is 0 Å². The Morgan fingerprint density at radius 3 is 2.32 bits per heavy atom. The van der Waals surface area contributed by atoms with Gasteiger partial charge in [-0.05, 0) is 43.7 Å². The van der Waals surface area contributed by atoms with Crippen molar-refractivity contribution in [3.63, 3.8) is 0 Å². The van der Waals surface area contributed by atoms with E-state index in [4.69, 9.17) is 0 Å². The van der Waals surface area contributed by atoms with E-state index >= 15 is 0 Å². The highest BCUT2D eigenvalue weighted by Gasteiger charge is 2.05. The molecule has 0 spiro atoms. The van der Waals surface area contributed by atoms with E-state index in [1.54, 1.807) is 24.3 Å². The standard InChI is InChI=1S/C15H18FN5O/c1-10(2)18-15(22)19-14-8-7-13(20-21-14)17-9-11-3-5-12(16)6-4-11/h3-8,10H,9H2,1-2H3,(H,17,20)(H2,18,19,21,22). The fourth-order valence-electron chi connectivity index (χ4n) is 1.70. The predicted octanol–water partition coefficient (Wildman–Crippen LogP) is 2.76. The number of amides is 2. The van der Waals surface area contributed by atoms with Crippen molar-refractivity contribution in [2.45, 2.75) is 26.4 Å². The Morgan fingerprint density at radius 1 is 1.09 bits per heavy atom. The number of carbonyl (C=O) groups is 1. The Kier molecular flexibility index (Phi) is 5.24. The molecule has 0 aliphatic rings. The minimum Gasteiger partial charge on any atom is -0.365 e. The number of rotatable bonds is 5. The topological polar surface area (TPSA) is 78.9 Å². The minimum atomic E-state index is -0.323. The molecule has 0 fully saturated rings. The minimum absolute atomic E-state index is 0.0459. The van der Waals surface area contributed by atoms with Gasteiger partial charge in [0.15, 0.2) is 5.82 Å². The zero-order valence-electron chi connectivity index (χ0n) is 12.4. The first kappa shape index (κ1) is 15.7. The van der Waals surface area contributed by atoms with E-state index in [1.165, 1.54) is 12.1 Å². The highest BCUT2D eigenvalue weighted by atomic mass is 19.1. The van der Waals surface area contributed by atoms with Crippen LogP contribution in [0.5, 0.6) is 0 Å². The lowest BCUT2D eigenvalue weighted by atomic mass is 10.2. The van der Waals surface area contributed by atoms with Gasteiger partial charge in [-0.15, -0.1) is 10.2 Å². The molecular formula is C15H18FN5O. The van der Waals surface area contributed by atoms with Crippen LogP contribution in [-0.4, -0.2) is 22.3 Å². The van der Waals surface area contributed by atoms with Crippen molar-refractivity contribution in [3.8, 4) is 0 Å². The Balaban J connectivity index is 1.86. The third-order valence-electron chi connectivity index (χ3n) is 2.71. The van der Waals surface area contributed by atoms with Crippen LogP contribution in [-0.2, 0) is 6.54 Å². The fraction of sp³-hybridized carbons (Fsp3) is 0.267. The summed E-state index contributed by atoms with van der Waals surface area (Å²) >= 11 is 0. The number of urea groups is 1. The van der Waals surface area contributed by atoms with Crippen LogP contribution in [0.2, 0.25) is 0 Å². The largest absolute Gasteiger partial charge is 0.365 e. The van der Waals surface area contributed by atoms with Crippen LogP contribution < -0.4 is 16.0 Å². The maximum absolute atomic E-state index is 12.8. The molecule has 0 aliphatic heterocycles. The molecule has 3 N–H and O–H groups in total. The molecule has 0 saturated carbocycles. The second kappa shape index (κ2) is 7.35. The number of hydrogen-bond acceptors (Lipinski definition) is 4. The van der Waals surface area contributed by atoms with Gasteiger partial charge in [-0.1, -0.05) is 12.1 Å². The van der Waals surface area contributed by atoms with Gasteiger partial charge in [0.2, 0.25) is 0 Å². The summed E-state index contributed by atoms with van der Waals surface area (Å²) in [6.45, 7) is 4.25. The van der Waals surface area contributed by atoms with Crippen molar-refractivity contribution in [3.05, 3.63) is 47.8 Å². The SMILES string of the molecule is CC(C)NC(=O)Nc1ccc(NCc2ccc(F)cc2)nn1. The number of nitrogens with one attached hydrogen (secondary N) is 3. The Morgan fingerprint density at radius 2 is 1.73 bits per heavy atom. The summed E-state index contributed by atoms with van der Waals surface area (Å²) in [7, 11) is 0. The average Bonchev–Trinajstić information content (AvgIpc) is 2.47. The van der Waals surface area contributed by atoms with Crippen molar-refractivity contribution in [1.29, 1.82) is 0 Å². The van der Waals surface area contributed by atoms with Crippen LogP contribution in [0.25, 0.3) is 0 Å². The summed E-state index contributed by atoms with van der Waals surface area (Å²) in [5.41, 5.74) is 0.932. The molecule has 0 atom stereocenters. The molecule has 2 amide bonds. The summed E-state index contributed by atoms with van der Waals surface area (Å²) < 4.78 is 12.8. The lowest BCUT2D eigenvalue weighted by Crippen LogP contribution is -2.34. The van der Waals surface area contributed by atoms with Crippen LogP contribution in [0, 0.1) is 5.82 Å². The van der Waals surface area contributed by atoms with E-state index in [2.05, 4.69) is 26.1 Å². The first-order chi connectivity index (χ1) is 10.5. The Labute approximate surface area is 128 Å². The quantitative estimate of drug-likeness (QED) is 0.793. The van der Waals surface area contributed by atoms with Gasteiger partial charge in [-0.25, -0.2) is 9.18 Å². The third kappa shape index (κ3) is 5.01. The molecule has 0 aliphatic carbocycles. The highest BCUT2D eigenvalue weighted by molar-refractivity contribution is 5.88. The van der Waals surface area contributed by atoms with E-state index < -0.39 is 0 Å². The maximum Gasteiger partial charge on any atom is 0.320 e. The van der Waals surface area contributed by atoms with E-state index in [0.717, 1.165) is 5.56 Å². The summed E-state index contributed by atoms with van der Waals surface area (Å²) in [4.78, 5) is 11.5. The summed E-state index contributed by atoms with van der Waals surface area (Å²) in [6.07, 6.45) is 0. The summed E-state index contributed by atoms with van der Waals surface area (Å²) in [5.74, 6) is 0.670. The van der Waals surface area contributed by atoms with Crippen molar-refractivity contribution in [2.24, 2.45) is 0 Å². The van der Waals surface area contributed by atoms with E-state index in [1.807, 2.05) is 13.8 Å². The van der Waals surface area contributed by atoms with Gasteiger partial charge >= 0.3 is 6.03 Å². The van der Waals surface area contributed by atoms with E-state index in [0.29, 0.717) is 18.2 Å². The molecule has 0 radical (unpaired) electrons. The zero-order chi connectivity index (χ0) is 15.9. The van der Waals surface area contributed by atoms with Crippen molar-refractivity contribution >= 4 is 17.7 Å². The first-order valence-electron chi connectivity index (χ1n) is 6.92. The fourth-order valence-corrected chi connectivity index (χ4v) is 1.70. The normalized spacial score (nSPS) is 10.4. The van der Waals surface area contributed by atoms with Crippen molar-refractivity contribution in [1.82, 2.24) is 15.5 Å². The number of halogens is 1. The molecule has 1 aromatic heterocycles. The lowest BCUT2D eigenvalue weighted by molar-refractivity contribution is 0.250. The van der Waals surface area contributed by atoms with Crippen LogP contribution >= 0.6 is 0 Å². The van der Waals surface area contributed by atoms with Crippen molar-refractivity contribution in [2.75, 3.05) is 10.6 Å². The van der Waals surface area contributed by atoms with Gasteiger partial charge in [0.1, 0.15) is 11.6 Å². The molecule has 22 heavy (non-hydrogen) atoms. The van der Waals surface area contributed by atoms with Crippen LogP contribution in [0.1, 0.15) is 19.4 Å². The molecule has 2 rings (SSSR count). The number of aromatic nitrogens is 2. The summed E-state index contributed by atoms with van der Waals surface area (Å²) in [5, 5.41) is 16.2. The average molecular weight is 303 g/mol. The van der Waals surface area contributed by atoms with Crippen LogP contribution in [0.15, 0.2) is 36.4 Å². The van der Waals surface area contributed by atoms with Gasteiger partial charge < -0.3 is 10.6 Å². The second-order valence-corrected chi connectivity index (χ2v) is 5.04. The third-order valence-corrected chi connectivity index (χ3v) is 2.71. The monoisotopic (exact) mass is 303 g/mol. The Bertz CT molecular complexity index is 613. The molecular weight excluding hydrogens is 285 g/mol. The molecule has 0 unspecified atom stereocenters. The number of nitrogens with zero attached hydrogens (tertiary/aromatic N) is 2. The molecule has 7 heteroatoms. The number of carbonyl (C=O) groups excluding carboxylic acids is 1. The van der Waals surface area contributed by atoms with E-state index in [9.17, 15) is 9.18 Å². The highest BCUT2D eigenvalue weighted by Crippen LogP contribution is 2.09. The molecule has 1 aromatic carbocycles. The smallest absolute Gasteiger partial charge is 0.320 e.